The molecule has 0 aromatic heterocycles. The van der Waals surface area contributed by atoms with Gasteiger partial charge in [0, 0.05) is 10.7 Å². The quantitative estimate of drug-likeness (QED) is 0.677. The fourth-order valence-corrected chi connectivity index (χ4v) is 3.51. The average molecular weight is 403 g/mol. The van der Waals surface area contributed by atoms with Gasteiger partial charge >= 0.3 is 0 Å². The highest BCUT2D eigenvalue weighted by atomic mass is 35.5. The number of thioether (sulfide) groups is 1. The number of nitrogens with one attached hydrogen (secondary N) is 1. The lowest BCUT2D eigenvalue weighted by atomic mass is 10.2. The van der Waals surface area contributed by atoms with Crippen molar-refractivity contribution in [2.45, 2.75) is 13.8 Å². The molecule has 2 aromatic rings. The Morgan fingerprint density at radius 2 is 1.93 bits per heavy atom. The van der Waals surface area contributed by atoms with E-state index in [0.29, 0.717) is 16.5 Å². The summed E-state index contributed by atoms with van der Waals surface area (Å²) in [6.07, 6.45) is 1.71. The van der Waals surface area contributed by atoms with Gasteiger partial charge in [0.25, 0.3) is 11.1 Å². The van der Waals surface area contributed by atoms with Crippen LogP contribution in [0.25, 0.3) is 6.08 Å². The van der Waals surface area contributed by atoms with Crippen LogP contribution in [-0.2, 0) is 4.79 Å². The van der Waals surface area contributed by atoms with Gasteiger partial charge in [-0.25, -0.2) is 0 Å². The average Bonchev–Trinajstić information content (AvgIpc) is 2.91. The molecular formula is C20H19ClN2O3S. The second-order valence-electron chi connectivity index (χ2n) is 5.91. The minimum absolute atomic E-state index is 0.0880. The maximum Gasteiger partial charge on any atom is 0.295 e. The number of hydrogen-bond donors (Lipinski definition) is 1. The zero-order valence-corrected chi connectivity index (χ0v) is 16.6. The molecule has 1 fully saturated rings. The Morgan fingerprint density at radius 1 is 1.19 bits per heavy atom. The predicted octanol–water partition coefficient (Wildman–Crippen LogP) is 5.15. The van der Waals surface area contributed by atoms with E-state index in [0.717, 1.165) is 34.3 Å². The van der Waals surface area contributed by atoms with Gasteiger partial charge in [0.15, 0.2) is 0 Å². The first-order valence-corrected chi connectivity index (χ1v) is 9.65. The first-order chi connectivity index (χ1) is 13.0. The lowest BCUT2D eigenvalue weighted by Crippen LogP contribution is -2.33. The molecule has 7 heteroatoms. The van der Waals surface area contributed by atoms with E-state index < -0.39 is 0 Å². The van der Waals surface area contributed by atoms with E-state index in [2.05, 4.69) is 5.32 Å². The first-order valence-electron chi connectivity index (χ1n) is 8.46. The van der Waals surface area contributed by atoms with Gasteiger partial charge in [-0.15, -0.1) is 0 Å². The highest BCUT2D eigenvalue weighted by Crippen LogP contribution is 2.32. The molecule has 1 saturated heterocycles. The molecule has 1 aliphatic heterocycles. The molecule has 1 heterocycles. The topological polar surface area (TPSA) is 58.6 Å². The van der Waals surface area contributed by atoms with Crippen LogP contribution in [0.5, 0.6) is 5.75 Å². The minimum Gasteiger partial charge on any atom is -0.494 e. The lowest BCUT2D eigenvalue weighted by molar-refractivity contribution is -0.122. The van der Waals surface area contributed by atoms with Crippen molar-refractivity contribution in [2.75, 3.05) is 18.6 Å². The second kappa shape index (κ2) is 8.50. The number of anilines is 1. The van der Waals surface area contributed by atoms with Crippen LogP contribution in [-0.4, -0.2) is 29.3 Å². The second-order valence-corrected chi connectivity index (χ2v) is 7.31. The maximum absolute atomic E-state index is 12.6. The zero-order valence-electron chi connectivity index (χ0n) is 15.0. The van der Waals surface area contributed by atoms with Crippen LogP contribution in [0.15, 0.2) is 47.4 Å². The molecule has 0 atom stereocenters. The zero-order chi connectivity index (χ0) is 19.4. The number of amides is 2. The van der Waals surface area contributed by atoms with Crippen LogP contribution >= 0.6 is 23.4 Å². The third-order valence-electron chi connectivity index (χ3n) is 3.98. The summed E-state index contributed by atoms with van der Waals surface area (Å²) in [6, 6.07) is 12.9. The molecule has 1 N–H and O–H groups in total. The molecule has 27 heavy (non-hydrogen) atoms. The standard InChI is InChI=1S/C20H19ClN2O3S/c1-3-26-16-8-5-14(6-9-16)10-18-19(24)23(20(25)27-18)12-22-15-7-4-13(2)17(21)11-15/h4-11,22H,3,12H2,1-2H3/b18-10+. The molecule has 0 radical (unpaired) electrons. The number of ether oxygens (including phenoxy) is 1. The number of carbonyl (C=O) groups excluding carboxylic acids is 2. The van der Waals surface area contributed by atoms with E-state index in [-0.39, 0.29) is 17.8 Å². The predicted molar refractivity (Wildman–Crippen MR) is 110 cm³/mol. The summed E-state index contributed by atoms with van der Waals surface area (Å²) >= 11 is 7.03. The molecule has 0 bridgehead atoms. The highest BCUT2D eigenvalue weighted by Gasteiger charge is 2.34. The molecule has 0 saturated carbocycles. The van der Waals surface area contributed by atoms with E-state index >= 15 is 0 Å². The van der Waals surface area contributed by atoms with Crippen molar-refractivity contribution in [3.63, 3.8) is 0 Å². The molecule has 0 unspecified atom stereocenters. The number of rotatable bonds is 6. The van der Waals surface area contributed by atoms with E-state index in [1.807, 2.05) is 50.2 Å². The monoisotopic (exact) mass is 402 g/mol. The van der Waals surface area contributed by atoms with Crippen molar-refractivity contribution in [3.8, 4) is 5.75 Å². The summed E-state index contributed by atoms with van der Waals surface area (Å²) in [5, 5.41) is 3.39. The highest BCUT2D eigenvalue weighted by molar-refractivity contribution is 8.18. The third-order valence-corrected chi connectivity index (χ3v) is 5.29. The van der Waals surface area contributed by atoms with Crippen molar-refractivity contribution in [1.82, 2.24) is 4.90 Å². The van der Waals surface area contributed by atoms with E-state index in [4.69, 9.17) is 16.3 Å². The summed E-state index contributed by atoms with van der Waals surface area (Å²) in [5.41, 5.74) is 2.55. The smallest absolute Gasteiger partial charge is 0.295 e. The van der Waals surface area contributed by atoms with Crippen LogP contribution < -0.4 is 10.1 Å². The molecular weight excluding hydrogens is 384 g/mol. The van der Waals surface area contributed by atoms with Gasteiger partial charge in [0.1, 0.15) is 5.75 Å². The summed E-state index contributed by atoms with van der Waals surface area (Å²) in [6.45, 7) is 4.51. The molecule has 5 nitrogen and oxygen atoms in total. The summed E-state index contributed by atoms with van der Waals surface area (Å²) in [5.74, 6) is 0.452. The Labute approximate surface area is 167 Å². The fourth-order valence-electron chi connectivity index (χ4n) is 2.49. The molecule has 140 valence electrons. The maximum atomic E-state index is 12.6. The Morgan fingerprint density at radius 3 is 2.59 bits per heavy atom. The van der Waals surface area contributed by atoms with Crippen LogP contribution in [0.3, 0.4) is 0 Å². The lowest BCUT2D eigenvalue weighted by Gasteiger charge is -2.15. The fraction of sp³-hybridized carbons (Fsp3) is 0.200. The van der Waals surface area contributed by atoms with Crippen LogP contribution in [0, 0.1) is 6.92 Å². The molecule has 2 aromatic carbocycles. The van der Waals surface area contributed by atoms with Crippen molar-refractivity contribution < 1.29 is 14.3 Å². The van der Waals surface area contributed by atoms with Crippen molar-refractivity contribution >= 4 is 46.3 Å². The number of nitrogens with zero attached hydrogens (tertiary/aromatic N) is 1. The minimum atomic E-state index is -0.315. The van der Waals surface area contributed by atoms with Gasteiger partial charge in [-0.1, -0.05) is 29.8 Å². The Balaban J connectivity index is 1.67. The molecule has 0 aliphatic carbocycles. The normalized spacial score (nSPS) is 15.5. The van der Waals surface area contributed by atoms with Crippen LogP contribution in [0.2, 0.25) is 5.02 Å². The molecule has 2 amide bonds. The number of imide groups is 1. The Hall–Kier alpha value is -2.44. The van der Waals surface area contributed by atoms with Gasteiger partial charge < -0.3 is 10.1 Å². The summed E-state index contributed by atoms with van der Waals surface area (Å²) in [7, 11) is 0. The Kier molecular flexibility index (Phi) is 6.08. The van der Waals surface area contributed by atoms with Gasteiger partial charge in [0.05, 0.1) is 18.2 Å². The SMILES string of the molecule is CCOc1ccc(/C=C2/SC(=O)N(CNc3ccc(C)c(Cl)c3)C2=O)cc1. The van der Waals surface area contributed by atoms with E-state index in [1.165, 1.54) is 4.90 Å². The number of hydrogen-bond acceptors (Lipinski definition) is 5. The van der Waals surface area contributed by atoms with Crippen LogP contribution in [0.4, 0.5) is 10.5 Å². The van der Waals surface area contributed by atoms with Crippen molar-refractivity contribution in [3.05, 3.63) is 63.5 Å². The summed E-state index contributed by atoms with van der Waals surface area (Å²) < 4.78 is 5.40. The number of carbonyl (C=O) groups is 2. The Bertz CT molecular complexity index is 897. The van der Waals surface area contributed by atoms with E-state index in [9.17, 15) is 9.59 Å². The number of benzene rings is 2. The van der Waals surface area contributed by atoms with Crippen molar-refractivity contribution in [1.29, 1.82) is 0 Å². The van der Waals surface area contributed by atoms with Gasteiger partial charge in [-0.2, -0.15) is 0 Å². The van der Waals surface area contributed by atoms with Gasteiger partial charge in [-0.3, -0.25) is 14.5 Å². The number of halogens is 1. The third kappa shape index (κ3) is 4.64. The number of aryl methyl sites for hydroxylation is 1. The van der Waals surface area contributed by atoms with Gasteiger partial charge in [0.2, 0.25) is 0 Å². The first kappa shape index (κ1) is 19.3. The van der Waals surface area contributed by atoms with Crippen LogP contribution in [0.1, 0.15) is 18.1 Å². The van der Waals surface area contributed by atoms with Gasteiger partial charge in [-0.05, 0) is 67.1 Å². The molecule has 0 spiro atoms. The summed E-state index contributed by atoms with van der Waals surface area (Å²) in [4.78, 5) is 26.3. The molecule has 1 aliphatic rings. The van der Waals surface area contributed by atoms with Crippen molar-refractivity contribution in [2.24, 2.45) is 0 Å². The van der Waals surface area contributed by atoms with E-state index in [1.54, 1.807) is 12.1 Å². The largest absolute Gasteiger partial charge is 0.494 e. The molecule has 3 rings (SSSR count).